The first kappa shape index (κ1) is 19.4. The standard InChI is InChI=1S/C22H24N2O5/c1-2-29-13-21(26)23-10-14-7-18(12-23)19-8-17(9-20(25)24(19)11-14)15-3-5-16(6-4-15)22(27)28/h3-6,8-9,14,18H,2,7,10-13H2,1H3,(H,27,28)/t14-,18+/m0/s1. The van der Waals surface area contributed by atoms with Crippen molar-refractivity contribution in [3.63, 3.8) is 0 Å². The van der Waals surface area contributed by atoms with E-state index in [9.17, 15) is 14.4 Å². The topological polar surface area (TPSA) is 88.8 Å². The number of aromatic nitrogens is 1. The molecule has 2 aliphatic heterocycles. The molecule has 1 saturated heterocycles. The molecule has 0 saturated carbocycles. The molecule has 1 aromatic carbocycles. The Morgan fingerprint density at radius 1 is 1.10 bits per heavy atom. The maximum absolute atomic E-state index is 12.8. The lowest BCUT2D eigenvalue weighted by Crippen LogP contribution is -2.50. The molecule has 0 unspecified atom stereocenters. The lowest BCUT2D eigenvalue weighted by Gasteiger charge is -2.43. The summed E-state index contributed by atoms with van der Waals surface area (Å²) in [7, 11) is 0. The van der Waals surface area contributed by atoms with Gasteiger partial charge in [0, 0.05) is 43.9 Å². The smallest absolute Gasteiger partial charge is 0.335 e. The van der Waals surface area contributed by atoms with Crippen molar-refractivity contribution in [2.45, 2.75) is 25.8 Å². The Labute approximate surface area is 168 Å². The van der Waals surface area contributed by atoms with Crippen molar-refractivity contribution in [1.29, 1.82) is 0 Å². The summed E-state index contributed by atoms with van der Waals surface area (Å²) in [6.07, 6.45) is 0.958. The van der Waals surface area contributed by atoms with Crippen molar-refractivity contribution in [3.05, 3.63) is 58.0 Å². The highest BCUT2D eigenvalue weighted by Gasteiger charge is 2.36. The molecule has 0 spiro atoms. The number of carboxylic acids is 1. The van der Waals surface area contributed by atoms with Gasteiger partial charge in [-0.1, -0.05) is 12.1 Å². The van der Waals surface area contributed by atoms with Crippen LogP contribution >= 0.6 is 0 Å². The number of ether oxygens (including phenoxy) is 1. The fraction of sp³-hybridized carbons (Fsp3) is 0.409. The van der Waals surface area contributed by atoms with E-state index in [0.717, 1.165) is 23.2 Å². The first-order valence-electron chi connectivity index (χ1n) is 9.90. The van der Waals surface area contributed by atoms with Gasteiger partial charge in [0.25, 0.3) is 5.56 Å². The number of amides is 1. The van der Waals surface area contributed by atoms with Gasteiger partial charge in [0.1, 0.15) is 6.61 Å². The normalized spacial score (nSPS) is 20.2. The van der Waals surface area contributed by atoms with Crippen LogP contribution < -0.4 is 5.56 Å². The van der Waals surface area contributed by atoms with Gasteiger partial charge in [-0.15, -0.1) is 0 Å². The molecule has 0 radical (unpaired) electrons. The van der Waals surface area contributed by atoms with E-state index in [2.05, 4.69) is 0 Å². The minimum atomic E-state index is -0.980. The lowest BCUT2D eigenvalue weighted by atomic mass is 9.82. The molecular weight excluding hydrogens is 372 g/mol. The largest absolute Gasteiger partial charge is 0.478 e. The number of carbonyl (C=O) groups excluding carboxylic acids is 1. The van der Waals surface area contributed by atoms with Crippen LogP contribution in [0.3, 0.4) is 0 Å². The molecule has 3 heterocycles. The van der Waals surface area contributed by atoms with Gasteiger partial charge in [0.15, 0.2) is 0 Å². The van der Waals surface area contributed by atoms with Crippen molar-refractivity contribution in [1.82, 2.24) is 9.47 Å². The quantitative estimate of drug-likeness (QED) is 0.837. The van der Waals surface area contributed by atoms with E-state index < -0.39 is 5.97 Å². The minimum absolute atomic E-state index is 0.00207. The number of carbonyl (C=O) groups is 2. The molecule has 7 heteroatoms. The molecular formula is C22H24N2O5. The molecule has 1 fully saturated rings. The molecule has 2 aliphatic rings. The van der Waals surface area contributed by atoms with Gasteiger partial charge < -0.3 is 19.3 Å². The summed E-state index contributed by atoms with van der Waals surface area (Å²) in [5.41, 5.74) is 2.68. The fourth-order valence-corrected chi connectivity index (χ4v) is 4.42. The predicted molar refractivity (Wildman–Crippen MR) is 107 cm³/mol. The summed E-state index contributed by atoms with van der Waals surface area (Å²) in [6.45, 7) is 4.33. The van der Waals surface area contributed by atoms with Crippen molar-refractivity contribution < 1.29 is 19.4 Å². The Morgan fingerprint density at radius 2 is 1.86 bits per heavy atom. The Bertz CT molecular complexity index is 995. The Balaban J connectivity index is 1.64. The number of likely N-dealkylation sites (tertiary alicyclic amines) is 1. The minimum Gasteiger partial charge on any atom is -0.478 e. The molecule has 4 rings (SSSR count). The van der Waals surface area contributed by atoms with Crippen LogP contribution in [0.1, 0.15) is 35.3 Å². The molecule has 7 nitrogen and oxygen atoms in total. The number of rotatable bonds is 5. The SMILES string of the molecule is CCOCC(=O)N1C[C@@H]2C[C@H](C1)c1cc(-c3ccc(C(=O)O)cc3)cc(=O)n1C2. The van der Waals surface area contributed by atoms with E-state index in [1.807, 2.05) is 22.5 Å². The molecule has 2 aromatic rings. The van der Waals surface area contributed by atoms with Crippen molar-refractivity contribution >= 4 is 11.9 Å². The zero-order chi connectivity index (χ0) is 20.5. The van der Waals surface area contributed by atoms with Gasteiger partial charge in [-0.3, -0.25) is 9.59 Å². The second-order valence-electron chi connectivity index (χ2n) is 7.73. The van der Waals surface area contributed by atoms with Crippen molar-refractivity contribution in [2.75, 3.05) is 26.3 Å². The first-order chi connectivity index (χ1) is 14.0. The van der Waals surface area contributed by atoms with Crippen LogP contribution in [0.25, 0.3) is 11.1 Å². The van der Waals surface area contributed by atoms with Crippen LogP contribution in [-0.4, -0.2) is 52.8 Å². The Kier molecular flexibility index (Phi) is 5.24. The van der Waals surface area contributed by atoms with Gasteiger partial charge in [-0.05, 0) is 48.6 Å². The average Bonchev–Trinajstić information content (AvgIpc) is 2.72. The van der Waals surface area contributed by atoms with Gasteiger partial charge in [-0.2, -0.15) is 0 Å². The molecule has 0 aliphatic carbocycles. The number of piperidine rings is 1. The molecule has 2 atom stereocenters. The third-order valence-electron chi connectivity index (χ3n) is 5.80. The van der Waals surface area contributed by atoms with Gasteiger partial charge >= 0.3 is 5.97 Å². The maximum Gasteiger partial charge on any atom is 0.335 e. The number of fused-ring (bicyclic) bond motifs is 4. The highest BCUT2D eigenvalue weighted by molar-refractivity contribution is 5.88. The summed E-state index contributed by atoms with van der Waals surface area (Å²) in [5, 5.41) is 9.08. The Hall–Kier alpha value is -2.93. The second-order valence-corrected chi connectivity index (χ2v) is 7.73. The zero-order valence-corrected chi connectivity index (χ0v) is 16.3. The van der Waals surface area contributed by atoms with Gasteiger partial charge in [0.05, 0.1) is 5.56 Å². The van der Waals surface area contributed by atoms with E-state index >= 15 is 0 Å². The van der Waals surface area contributed by atoms with E-state index in [0.29, 0.717) is 26.2 Å². The molecule has 1 N–H and O–H groups in total. The fourth-order valence-electron chi connectivity index (χ4n) is 4.42. The van der Waals surface area contributed by atoms with E-state index in [-0.39, 0.29) is 35.5 Å². The summed E-state index contributed by atoms with van der Waals surface area (Å²) in [5.74, 6) is -0.603. The number of nitrogens with zero attached hydrogens (tertiary/aromatic N) is 2. The molecule has 2 bridgehead atoms. The van der Waals surface area contributed by atoms with Crippen LogP contribution in [0.4, 0.5) is 0 Å². The number of pyridine rings is 1. The van der Waals surface area contributed by atoms with Gasteiger partial charge in [0.2, 0.25) is 5.91 Å². The van der Waals surface area contributed by atoms with Gasteiger partial charge in [-0.25, -0.2) is 4.79 Å². The van der Waals surface area contributed by atoms with Crippen LogP contribution in [0.2, 0.25) is 0 Å². The second kappa shape index (κ2) is 7.83. The van der Waals surface area contributed by atoms with Crippen LogP contribution in [0.5, 0.6) is 0 Å². The number of benzene rings is 1. The molecule has 152 valence electrons. The number of hydrogen-bond donors (Lipinski definition) is 1. The first-order valence-corrected chi connectivity index (χ1v) is 9.90. The third-order valence-corrected chi connectivity index (χ3v) is 5.80. The number of hydrogen-bond acceptors (Lipinski definition) is 4. The summed E-state index contributed by atoms with van der Waals surface area (Å²) < 4.78 is 7.11. The van der Waals surface area contributed by atoms with Crippen molar-refractivity contribution in [2.24, 2.45) is 5.92 Å². The zero-order valence-electron chi connectivity index (χ0n) is 16.3. The molecule has 1 amide bonds. The van der Waals surface area contributed by atoms with E-state index in [4.69, 9.17) is 9.84 Å². The molecule has 29 heavy (non-hydrogen) atoms. The monoisotopic (exact) mass is 396 g/mol. The van der Waals surface area contributed by atoms with Crippen molar-refractivity contribution in [3.8, 4) is 11.1 Å². The van der Waals surface area contributed by atoms with E-state index in [1.54, 1.807) is 30.3 Å². The average molecular weight is 396 g/mol. The molecule has 1 aromatic heterocycles. The number of aromatic carboxylic acids is 1. The highest BCUT2D eigenvalue weighted by Crippen LogP contribution is 2.36. The van der Waals surface area contributed by atoms with Crippen LogP contribution in [-0.2, 0) is 16.1 Å². The highest BCUT2D eigenvalue weighted by atomic mass is 16.5. The Morgan fingerprint density at radius 3 is 2.55 bits per heavy atom. The lowest BCUT2D eigenvalue weighted by molar-refractivity contribution is -0.138. The summed E-state index contributed by atoms with van der Waals surface area (Å²) in [4.78, 5) is 38.1. The van der Waals surface area contributed by atoms with E-state index in [1.165, 1.54) is 0 Å². The van der Waals surface area contributed by atoms with Crippen LogP contribution in [0, 0.1) is 5.92 Å². The predicted octanol–water partition coefficient (Wildman–Crippen LogP) is 2.20. The summed E-state index contributed by atoms with van der Waals surface area (Å²) >= 11 is 0. The summed E-state index contributed by atoms with van der Waals surface area (Å²) in [6, 6.07) is 10.1. The third kappa shape index (κ3) is 3.82. The number of carboxylic acid groups (broad SMARTS) is 1. The maximum atomic E-state index is 12.8. The van der Waals surface area contributed by atoms with Crippen LogP contribution in [0.15, 0.2) is 41.2 Å².